The number of alkyl halides is 2. The maximum Gasteiger partial charge on any atom is 0.248 e. The lowest BCUT2D eigenvalue weighted by Crippen LogP contribution is -2.54. The molecule has 0 spiro atoms. The van der Waals surface area contributed by atoms with Gasteiger partial charge in [0.25, 0.3) is 0 Å². The minimum absolute atomic E-state index is 0.0262. The Bertz CT molecular complexity index is 596. The molecule has 0 bridgehead atoms. The summed E-state index contributed by atoms with van der Waals surface area (Å²) in [6.07, 6.45) is 3.72. The van der Waals surface area contributed by atoms with E-state index in [9.17, 15) is 13.6 Å². The predicted octanol–water partition coefficient (Wildman–Crippen LogP) is 1.79. The highest BCUT2D eigenvalue weighted by atomic mass is 19.3. The Morgan fingerprint density at radius 2 is 2.26 bits per heavy atom. The number of halogens is 2. The molecule has 2 unspecified atom stereocenters. The van der Waals surface area contributed by atoms with Crippen molar-refractivity contribution >= 4 is 5.91 Å². The standard InChI is InChI=1S/C16H21F2N3O2/c17-16(18)6-12(7-16)14-9-21(3-4-23-14)15(22)10-1-2-13-11(5-10)8-19-20-13/h8,10,12,14H,1-7,9H2,(H,19,20). The van der Waals surface area contributed by atoms with E-state index in [0.29, 0.717) is 26.1 Å². The Balaban J connectivity index is 1.37. The number of hydrogen-bond acceptors (Lipinski definition) is 3. The summed E-state index contributed by atoms with van der Waals surface area (Å²) in [5.74, 6) is -2.55. The molecule has 4 rings (SSSR count). The first-order valence-electron chi connectivity index (χ1n) is 8.31. The van der Waals surface area contributed by atoms with Crippen molar-refractivity contribution in [2.75, 3.05) is 19.7 Å². The average Bonchev–Trinajstić information content (AvgIpc) is 2.99. The van der Waals surface area contributed by atoms with Crippen LogP contribution in [-0.2, 0) is 22.4 Å². The zero-order valence-corrected chi connectivity index (χ0v) is 12.9. The van der Waals surface area contributed by atoms with Gasteiger partial charge in [-0.3, -0.25) is 9.89 Å². The van der Waals surface area contributed by atoms with E-state index in [0.717, 1.165) is 24.1 Å². The molecule has 2 fully saturated rings. The van der Waals surface area contributed by atoms with E-state index in [1.165, 1.54) is 0 Å². The molecule has 1 saturated carbocycles. The smallest absolute Gasteiger partial charge is 0.248 e. The number of amides is 1. The van der Waals surface area contributed by atoms with E-state index >= 15 is 0 Å². The van der Waals surface area contributed by atoms with Crippen LogP contribution < -0.4 is 0 Å². The molecular weight excluding hydrogens is 304 g/mol. The summed E-state index contributed by atoms with van der Waals surface area (Å²) < 4.78 is 31.8. The number of nitrogens with one attached hydrogen (secondary N) is 1. The van der Waals surface area contributed by atoms with Crippen LogP contribution >= 0.6 is 0 Å². The van der Waals surface area contributed by atoms with Gasteiger partial charge in [-0.1, -0.05) is 0 Å². The molecule has 2 atom stereocenters. The number of H-pyrrole nitrogens is 1. The summed E-state index contributed by atoms with van der Waals surface area (Å²) in [6, 6.07) is 0. The van der Waals surface area contributed by atoms with Crippen molar-refractivity contribution < 1.29 is 18.3 Å². The number of aromatic amines is 1. The van der Waals surface area contributed by atoms with Crippen molar-refractivity contribution in [1.82, 2.24) is 15.1 Å². The van der Waals surface area contributed by atoms with Crippen molar-refractivity contribution in [2.24, 2.45) is 11.8 Å². The fraction of sp³-hybridized carbons (Fsp3) is 0.750. The molecule has 1 aliphatic heterocycles. The zero-order chi connectivity index (χ0) is 16.0. The van der Waals surface area contributed by atoms with Crippen molar-refractivity contribution in [3.63, 3.8) is 0 Å². The van der Waals surface area contributed by atoms with E-state index < -0.39 is 5.92 Å². The lowest BCUT2D eigenvalue weighted by atomic mass is 9.77. The van der Waals surface area contributed by atoms with E-state index in [1.807, 2.05) is 4.90 Å². The van der Waals surface area contributed by atoms with Crippen molar-refractivity contribution in [3.8, 4) is 0 Å². The van der Waals surface area contributed by atoms with Gasteiger partial charge < -0.3 is 9.64 Å². The number of nitrogens with zero attached hydrogens (tertiary/aromatic N) is 2. The Kier molecular flexibility index (Phi) is 3.63. The second-order valence-electron chi connectivity index (χ2n) is 7.03. The van der Waals surface area contributed by atoms with Crippen LogP contribution in [0.25, 0.3) is 0 Å². The SMILES string of the molecule is O=C(C1CCc2[nH]ncc2C1)N1CCOC(C2CC(F)(F)C2)C1. The highest BCUT2D eigenvalue weighted by Gasteiger charge is 2.50. The number of rotatable bonds is 2. The molecule has 23 heavy (non-hydrogen) atoms. The van der Waals surface area contributed by atoms with Crippen LogP contribution in [0.2, 0.25) is 0 Å². The molecule has 1 saturated heterocycles. The number of fused-ring (bicyclic) bond motifs is 1. The predicted molar refractivity (Wildman–Crippen MR) is 78.1 cm³/mol. The number of carbonyl (C=O) groups is 1. The monoisotopic (exact) mass is 325 g/mol. The van der Waals surface area contributed by atoms with Crippen LogP contribution in [-0.4, -0.2) is 52.7 Å². The van der Waals surface area contributed by atoms with Gasteiger partial charge in [0.05, 0.1) is 18.9 Å². The lowest BCUT2D eigenvalue weighted by Gasteiger charge is -2.44. The van der Waals surface area contributed by atoms with Gasteiger partial charge in [0.2, 0.25) is 11.8 Å². The molecule has 1 amide bonds. The van der Waals surface area contributed by atoms with Gasteiger partial charge in [0.1, 0.15) is 0 Å². The van der Waals surface area contributed by atoms with E-state index in [4.69, 9.17) is 4.74 Å². The van der Waals surface area contributed by atoms with Gasteiger partial charge >= 0.3 is 0 Å². The molecule has 3 aliphatic rings. The molecule has 5 nitrogen and oxygen atoms in total. The molecule has 1 N–H and O–H groups in total. The molecule has 0 radical (unpaired) electrons. The first kappa shape index (κ1) is 15.1. The van der Waals surface area contributed by atoms with Gasteiger partial charge in [0.15, 0.2) is 0 Å². The minimum atomic E-state index is -2.54. The third-order valence-electron chi connectivity index (χ3n) is 5.42. The fourth-order valence-corrected chi connectivity index (χ4v) is 4.02. The maximum absolute atomic E-state index is 13.1. The van der Waals surface area contributed by atoms with Crippen LogP contribution in [0, 0.1) is 11.8 Å². The highest BCUT2D eigenvalue weighted by Crippen LogP contribution is 2.45. The molecule has 0 aromatic carbocycles. The van der Waals surface area contributed by atoms with Gasteiger partial charge in [-0.15, -0.1) is 0 Å². The Labute approximate surface area is 133 Å². The maximum atomic E-state index is 13.1. The molecular formula is C16H21F2N3O2. The number of ether oxygens (including phenoxy) is 1. The third-order valence-corrected chi connectivity index (χ3v) is 5.42. The number of hydrogen-bond donors (Lipinski definition) is 1. The van der Waals surface area contributed by atoms with Crippen LogP contribution in [0.4, 0.5) is 8.78 Å². The number of morpholine rings is 1. The molecule has 126 valence electrons. The average molecular weight is 325 g/mol. The Hall–Kier alpha value is -1.50. The van der Waals surface area contributed by atoms with E-state index in [2.05, 4.69) is 10.2 Å². The minimum Gasteiger partial charge on any atom is -0.374 e. The third kappa shape index (κ3) is 2.86. The topological polar surface area (TPSA) is 58.2 Å². The van der Waals surface area contributed by atoms with Crippen LogP contribution in [0.15, 0.2) is 6.20 Å². The first-order valence-corrected chi connectivity index (χ1v) is 8.31. The van der Waals surface area contributed by atoms with Crippen LogP contribution in [0.5, 0.6) is 0 Å². The quantitative estimate of drug-likeness (QED) is 0.902. The molecule has 1 aromatic rings. The second-order valence-corrected chi connectivity index (χ2v) is 7.03. The van der Waals surface area contributed by atoms with Crippen LogP contribution in [0.1, 0.15) is 30.5 Å². The van der Waals surface area contributed by atoms with Gasteiger partial charge in [-0.25, -0.2) is 8.78 Å². The Morgan fingerprint density at radius 1 is 1.43 bits per heavy atom. The van der Waals surface area contributed by atoms with Crippen molar-refractivity contribution in [3.05, 3.63) is 17.5 Å². The van der Waals surface area contributed by atoms with Crippen LogP contribution in [0.3, 0.4) is 0 Å². The summed E-state index contributed by atoms with van der Waals surface area (Å²) in [5.41, 5.74) is 2.25. The largest absolute Gasteiger partial charge is 0.374 e. The molecule has 2 aliphatic carbocycles. The van der Waals surface area contributed by atoms with E-state index in [1.54, 1.807) is 6.20 Å². The highest BCUT2D eigenvalue weighted by molar-refractivity contribution is 5.79. The summed E-state index contributed by atoms with van der Waals surface area (Å²) in [4.78, 5) is 14.6. The number of aromatic nitrogens is 2. The lowest BCUT2D eigenvalue weighted by molar-refractivity contribution is -0.174. The van der Waals surface area contributed by atoms with Crippen molar-refractivity contribution in [1.29, 1.82) is 0 Å². The summed E-state index contributed by atoms with van der Waals surface area (Å²) in [7, 11) is 0. The zero-order valence-electron chi connectivity index (χ0n) is 12.9. The van der Waals surface area contributed by atoms with Gasteiger partial charge in [0, 0.05) is 37.5 Å². The van der Waals surface area contributed by atoms with Crippen molar-refractivity contribution in [2.45, 2.75) is 44.1 Å². The first-order chi connectivity index (χ1) is 11.0. The Morgan fingerprint density at radius 3 is 3.04 bits per heavy atom. The van der Waals surface area contributed by atoms with Gasteiger partial charge in [-0.05, 0) is 30.7 Å². The van der Waals surface area contributed by atoms with Gasteiger partial charge in [-0.2, -0.15) is 5.10 Å². The summed E-state index contributed by atoms with van der Waals surface area (Å²) >= 11 is 0. The molecule has 2 heterocycles. The number of carbonyl (C=O) groups excluding carboxylic acids is 1. The summed E-state index contributed by atoms with van der Waals surface area (Å²) in [5, 5.41) is 7.01. The van der Waals surface area contributed by atoms with E-state index in [-0.39, 0.29) is 36.7 Å². The molecule has 1 aromatic heterocycles. The molecule has 7 heteroatoms. The summed E-state index contributed by atoms with van der Waals surface area (Å²) in [6.45, 7) is 1.46. The number of aryl methyl sites for hydroxylation is 1. The second kappa shape index (κ2) is 5.54. The fourth-order valence-electron chi connectivity index (χ4n) is 4.02. The normalized spacial score (nSPS) is 30.6.